The molecule has 3 rings (SSSR count). The average molecular weight is 449 g/mol. The predicted octanol–water partition coefficient (Wildman–Crippen LogP) is 2.92. The number of rotatable bonds is 11. The minimum Gasteiger partial charge on any atom is -0.353 e. The molecule has 1 heterocycles. The first kappa shape index (κ1) is 23.0. The summed E-state index contributed by atoms with van der Waals surface area (Å²) >= 11 is 0. The molecule has 0 unspecified atom stereocenters. The second-order valence-electron chi connectivity index (χ2n) is 7.81. The van der Waals surface area contributed by atoms with Crippen LogP contribution in [0, 0.1) is 10.1 Å². The Labute approximate surface area is 182 Å². The molecule has 1 amide bonds. The zero-order valence-corrected chi connectivity index (χ0v) is 18.6. The molecule has 0 spiro atoms. The summed E-state index contributed by atoms with van der Waals surface area (Å²) in [5.41, 5.74) is 0.802. The number of sulfonamides is 1. The van der Waals surface area contributed by atoms with E-state index in [1.807, 2.05) is 36.9 Å². The first-order valence-corrected chi connectivity index (χ1v) is 11.8. The normalized spacial score (nSPS) is 14.0. The summed E-state index contributed by atoms with van der Waals surface area (Å²) in [6, 6.07) is 8.77. The monoisotopic (exact) mass is 448 g/mol. The molecule has 9 nitrogen and oxygen atoms in total. The molecule has 1 fully saturated rings. The van der Waals surface area contributed by atoms with Crippen LogP contribution in [0.25, 0.3) is 0 Å². The summed E-state index contributed by atoms with van der Waals surface area (Å²) in [4.78, 5) is 25.2. The fourth-order valence-corrected chi connectivity index (χ4v) is 4.82. The lowest BCUT2D eigenvalue weighted by Gasteiger charge is -2.27. The Morgan fingerprint density at radius 3 is 2.42 bits per heavy atom. The van der Waals surface area contributed by atoms with Crippen LogP contribution in [-0.2, 0) is 28.4 Å². The fraction of sp³-hybridized carbons (Fsp3) is 0.476. The Balaban J connectivity index is 1.81. The van der Waals surface area contributed by atoms with E-state index in [0.717, 1.165) is 25.0 Å². The van der Waals surface area contributed by atoms with E-state index < -0.39 is 14.9 Å². The van der Waals surface area contributed by atoms with Crippen LogP contribution >= 0.6 is 0 Å². The molecule has 1 aromatic heterocycles. The Hall–Kier alpha value is -2.72. The summed E-state index contributed by atoms with van der Waals surface area (Å²) in [5.74, 6) is -0.231. The molecule has 31 heavy (non-hydrogen) atoms. The second kappa shape index (κ2) is 9.61. The summed E-state index contributed by atoms with van der Waals surface area (Å²) in [6.45, 7) is 2.35. The standard InChI is InChI=1S/C21H28N4O5S/c1-3-4-14-23(31(29,30)20-11-9-18(10-12-20)25(27)28)16-21(26)24(17-7-8-17)15-19-6-5-13-22(19)2/h5-6,9-13,17H,3-4,7-8,14-16H2,1-2H3. The zero-order valence-electron chi connectivity index (χ0n) is 17.8. The molecule has 0 aliphatic heterocycles. The van der Waals surface area contributed by atoms with Gasteiger partial charge in [0, 0.05) is 43.7 Å². The van der Waals surface area contributed by atoms with Crippen molar-refractivity contribution in [2.45, 2.75) is 50.1 Å². The number of nitro groups is 1. The number of unbranched alkanes of at least 4 members (excludes halogenated alkanes) is 1. The third kappa shape index (κ3) is 5.50. The van der Waals surface area contributed by atoms with E-state index in [-0.39, 0.29) is 35.6 Å². The van der Waals surface area contributed by atoms with Gasteiger partial charge in [-0.25, -0.2) is 8.42 Å². The van der Waals surface area contributed by atoms with Crippen LogP contribution in [0.1, 0.15) is 38.3 Å². The van der Waals surface area contributed by atoms with Gasteiger partial charge in [-0.1, -0.05) is 13.3 Å². The zero-order chi connectivity index (χ0) is 22.6. The average Bonchev–Trinajstić information content (AvgIpc) is 3.50. The highest BCUT2D eigenvalue weighted by atomic mass is 32.2. The van der Waals surface area contributed by atoms with Crippen molar-refractivity contribution in [3.8, 4) is 0 Å². The number of carbonyl (C=O) groups is 1. The van der Waals surface area contributed by atoms with E-state index in [1.54, 1.807) is 4.90 Å². The van der Waals surface area contributed by atoms with Crippen molar-refractivity contribution in [2.24, 2.45) is 7.05 Å². The van der Waals surface area contributed by atoms with E-state index in [0.29, 0.717) is 13.0 Å². The molecule has 168 valence electrons. The van der Waals surface area contributed by atoms with Crippen molar-refractivity contribution in [3.63, 3.8) is 0 Å². The summed E-state index contributed by atoms with van der Waals surface area (Å²) in [6.07, 6.45) is 5.13. The quantitative estimate of drug-likeness (QED) is 0.388. The van der Waals surface area contributed by atoms with E-state index in [4.69, 9.17) is 0 Å². The van der Waals surface area contributed by atoms with Crippen molar-refractivity contribution in [1.82, 2.24) is 13.8 Å². The van der Waals surface area contributed by atoms with Gasteiger partial charge in [0.15, 0.2) is 0 Å². The molecule has 1 saturated carbocycles. The molecular formula is C21H28N4O5S. The Kier molecular flexibility index (Phi) is 7.11. The van der Waals surface area contributed by atoms with Crippen LogP contribution in [0.3, 0.4) is 0 Å². The van der Waals surface area contributed by atoms with E-state index in [2.05, 4.69) is 0 Å². The second-order valence-corrected chi connectivity index (χ2v) is 9.74. The van der Waals surface area contributed by atoms with Crippen molar-refractivity contribution in [1.29, 1.82) is 0 Å². The number of aryl methyl sites for hydroxylation is 1. The SMILES string of the molecule is CCCCN(CC(=O)N(Cc1cccn1C)C1CC1)S(=O)(=O)c1ccc([N+](=O)[O-])cc1. The smallest absolute Gasteiger partial charge is 0.269 e. The van der Waals surface area contributed by atoms with Gasteiger partial charge in [-0.15, -0.1) is 0 Å². The number of carbonyl (C=O) groups excluding carboxylic acids is 1. The van der Waals surface area contributed by atoms with E-state index in [1.165, 1.54) is 28.6 Å². The fourth-order valence-electron chi connectivity index (χ4n) is 3.39. The summed E-state index contributed by atoms with van der Waals surface area (Å²) in [7, 11) is -2.05. The molecule has 0 saturated heterocycles. The number of aromatic nitrogens is 1. The van der Waals surface area contributed by atoms with Crippen LogP contribution in [-0.4, -0.2) is 52.2 Å². The van der Waals surface area contributed by atoms with Crippen LogP contribution in [0.2, 0.25) is 0 Å². The van der Waals surface area contributed by atoms with Gasteiger partial charge in [-0.05, 0) is 43.5 Å². The minimum absolute atomic E-state index is 0.0533. The molecule has 1 aromatic carbocycles. The lowest BCUT2D eigenvalue weighted by molar-refractivity contribution is -0.384. The van der Waals surface area contributed by atoms with Gasteiger partial charge in [0.2, 0.25) is 15.9 Å². The largest absolute Gasteiger partial charge is 0.353 e. The van der Waals surface area contributed by atoms with Crippen LogP contribution in [0.15, 0.2) is 47.5 Å². The molecule has 10 heteroatoms. The van der Waals surface area contributed by atoms with Crippen LogP contribution in [0.5, 0.6) is 0 Å². The van der Waals surface area contributed by atoms with Gasteiger partial charge in [0.05, 0.1) is 22.9 Å². The maximum Gasteiger partial charge on any atom is 0.269 e. The highest BCUT2D eigenvalue weighted by molar-refractivity contribution is 7.89. The Bertz CT molecular complexity index is 1030. The first-order chi connectivity index (χ1) is 14.7. The predicted molar refractivity (Wildman–Crippen MR) is 116 cm³/mol. The van der Waals surface area contributed by atoms with Crippen molar-refractivity contribution in [2.75, 3.05) is 13.1 Å². The van der Waals surface area contributed by atoms with E-state index in [9.17, 15) is 23.3 Å². The topological polar surface area (TPSA) is 106 Å². The van der Waals surface area contributed by atoms with Crippen molar-refractivity contribution >= 4 is 21.6 Å². The molecule has 1 aliphatic rings. The number of non-ortho nitro benzene ring substituents is 1. The lowest BCUT2D eigenvalue weighted by Crippen LogP contribution is -2.44. The molecule has 0 atom stereocenters. The number of nitrogens with zero attached hydrogens (tertiary/aromatic N) is 4. The molecule has 1 aliphatic carbocycles. The summed E-state index contributed by atoms with van der Waals surface area (Å²) in [5, 5.41) is 10.9. The Morgan fingerprint density at radius 1 is 1.23 bits per heavy atom. The van der Waals surface area contributed by atoms with E-state index >= 15 is 0 Å². The number of nitro benzene ring substituents is 1. The molecule has 0 bridgehead atoms. The van der Waals surface area contributed by atoms with Gasteiger partial charge >= 0.3 is 0 Å². The minimum atomic E-state index is -3.96. The molecular weight excluding hydrogens is 420 g/mol. The van der Waals surface area contributed by atoms with Gasteiger partial charge in [0.1, 0.15) is 0 Å². The van der Waals surface area contributed by atoms with Gasteiger partial charge in [-0.3, -0.25) is 14.9 Å². The first-order valence-electron chi connectivity index (χ1n) is 10.4. The molecule has 2 aromatic rings. The Morgan fingerprint density at radius 2 is 1.90 bits per heavy atom. The van der Waals surface area contributed by atoms with Gasteiger partial charge in [-0.2, -0.15) is 4.31 Å². The number of amides is 1. The number of hydrogen-bond acceptors (Lipinski definition) is 5. The lowest BCUT2D eigenvalue weighted by atomic mass is 10.3. The van der Waals surface area contributed by atoms with Crippen molar-refractivity contribution < 1.29 is 18.1 Å². The molecule has 0 N–H and O–H groups in total. The van der Waals surface area contributed by atoms with Gasteiger partial charge < -0.3 is 9.47 Å². The van der Waals surface area contributed by atoms with Crippen LogP contribution < -0.4 is 0 Å². The van der Waals surface area contributed by atoms with Gasteiger partial charge in [0.25, 0.3) is 5.69 Å². The highest BCUT2D eigenvalue weighted by Gasteiger charge is 2.35. The maximum atomic E-state index is 13.2. The number of hydrogen-bond donors (Lipinski definition) is 0. The maximum absolute atomic E-state index is 13.2. The third-order valence-electron chi connectivity index (χ3n) is 5.45. The third-order valence-corrected chi connectivity index (χ3v) is 7.31. The number of benzene rings is 1. The van der Waals surface area contributed by atoms with Crippen LogP contribution in [0.4, 0.5) is 5.69 Å². The highest BCUT2D eigenvalue weighted by Crippen LogP contribution is 2.29. The summed E-state index contributed by atoms with van der Waals surface area (Å²) < 4.78 is 29.6. The van der Waals surface area contributed by atoms with Crippen molar-refractivity contribution in [3.05, 3.63) is 58.4 Å². The molecule has 0 radical (unpaired) electrons.